The molecular formula is C20H25N7OS2. The Labute approximate surface area is 184 Å². The Morgan fingerprint density at radius 1 is 1.17 bits per heavy atom. The van der Waals surface area contributed by atoms with Gasteiger partial charge in [-0.05, 0) is 43.9 Å². The smallest absolute Gasteiger partial charge is 0.254 e. The molecule has 30 heavy (non-hydrogen) atoms. The van der Waals surface area contributed by atoms with Gasteiger partial charge in [-0.25, -0.2) is 19.6 Å². The molecule has 158 valence electrons. The van der Waals surface area contributed by atoms with Crippen LogP contribution in [-0.2, 0) is 6.54 Å². The first-order chi connectivity index (χ1) is 14.7. The third kappa shape index (κ3) is 4.39. The molecule has 0 radical (unpaired) electrons. The summed E-state index contributed by atoms with van der Waals surface area (Å²) in [5.41, 5.74) is 1.41. The maximum Gasteiger partial charge on any atom is 0.254 e. The average molecular weight is 444 g/mol. The number of aromatic nitrogens is 5. The zero-order valence-electron chi connectivity index (χ0n) is 17.2. The predicted octanol–water partition coefficient (Wildman–Crippen LogP) is 3.09. The number of piperidine rings is 1. The number of hydrogen-bond donors (Lipinski definition) is 1. The molecule has 1 amide bonds. The van der Waals surface area contributed by atoms with Gasteiger partial charge in [0.1, 0.15) is 10.8 Å². The van der Waals surface area contributed by atoms with Gasteiger partial charge in [0.25, 0.3) is 5.91 Å². The highest BCUT2D eigenvalue weighted by Gasteiger charge is 2.20. The summed E-state index contributed by atoms with van der Waals surface area (Å²) >= 11 is 3.00. The fourth-order valence-electron chi connectivity index (χ4n) is 3.62. The van der Waals surface area contributed by atoms with E-state index in [-0.39, 0.29) is 5.91 Å². The zero-order valence-corrected chi connectivity index (χ0v) is 18.8. The number of pyridine rings is 1. The first kappa shape index (κ1) is 20.9. The fourth-order valence-corrected chi connectivity index (χ4v) is 4.52. The Morgan fingerprint density at radius 2 is 2.00 bits per heavy atom. The lowest BCUT2D eigenvalue weighted by Crippen LogP contribution is -2.30. The average Bonchev–Trinajstić information content (AvgIpc) is 3.21. The van der Waals surface area contributed by atoms with Crippen LogP contribution >= 0.6 is 23.5 Å². The lowest BCUT2D eigenvalue weighted by Gasteiger charge is -2.28. The molecule has 10 heteroatoms. The van der Waals surface area contributed by atoms with Gasteiger partial charge >= 0.3 is 0 Å². The molecule has 8 nitrogen and oxygen atoms in total. The molecule has 4 heterocycles. The van der Waals surface area contributed by atoms with Crippen LogP contribution in [0.2, 0.25) is 0 Å². The molecule has 0 unspecified atom stereocenters. The van der Waals surface area contributed by atoms with Crippen LogP contribution in [0.1, 0.15) is 29.6 Å². The quantitative estimate of drug-likeness (QED) is 0.440. The molecular weight excluding hydrogens is 418 g/mol. The van der Waals surface area contributed by atoms with Gasteiger partial charge in [-0.3, -0.25) is 4.79 Å². The van der Waals surface area contributed by atoms with Crippen molar-refractivity contribution in [3.63, 3.8) is 0 Å². The van der Waals surface area contributed by atoms with Crippen LogP contribution < -0.4 is 10.2 Å². The molecule has 0 spiro atoms. The highest BCUT2D eigenvalue weighted by Crippen LogP contribution is 2.28. The van der Waals surface area contributed by atoms with Crippen molar-refractivity contribution in [2.45, 2.75) is 36.0 Å². The summed E-state index contributed by atoms with van der Waals surface area (Å²) < 4.78 is 1.85. The van der Waals surface area contributed by atoms with Crippen molar-refractivity contribution < 1.29 is 4.79 Å². The van der Waals surface area contributed by atoms with Gasteiger partial charge in [0.2, 0.25) is 0 Å². The van der Waals surface area contributed by atoms with E-state index in [4.69, 9.17) is 9.97 Å². The number of carbonyl (C=O) groups excluding carboxylic acids is 1. The third-order valence-corrected chi connectivity index (χ3v) is 6.37. The number of fused-ring (bicyclic) bond motifs is 1. The fraction of sp³-hybridized carbons (Fsp3) is 0.450. The van der Waals surface area contributed by atoms with E-state index in [2.05, 4.69) is 20.3 Å². The number of nitrogens with one attached hydrogen (secondary N) is 1. The normalized spacial score (nSPS) is 14.3. The molecule has 1 fully saturated rings. The second-order valence-electron chi connectivity index (χ2n) is 7.00. The number of hydrogen-bond acceptors (Lipinski definition) is 8. The van der Waals surface area contributed by atoms with E-state index in [1.54, 1.807) is 18.3 Å². The van der Waals surface area contributed by atoms with Crippen LogP contribution in [0, 0.1) is 0 Å². The molecule has 0 saturated carbocycles. The van der Waals surface area contributed by atoms with E-state index in [0.717, 1.165) is 40.1 Å². The van der Waals surface area contributed by atoms with Crippen LogP contribution in [0.15, 0.2) is 34.7 Å². The lowest BCUT2D eigenvalue weighted by atomic mass is 10.1. The van der Waals surface area contributed by atoms with Gasteiger partial charge in [0, 0.05) is 25.8 Å². The van der Waals surface area contributed by atoms with Crippen LogP contribution in [0.3, 0.4) is 0 Å². The van der Waals surface area contributed by atoms with Crippen molar-refractivity contribution in [3.8, 4) is 0 Å². The Bertz CT molecular complexity index is 1030. The van der Waals surface area contributed by atoms with E-state index in [1.807, 2.05) is 23.4 Å². The van der Waals surface area contributed by atoms with E-state index >= 15 is 0 Å². The summed E-state index contributed by atoms with van der Waals surface area (Å²) in [4.78, 5) is 28.6. The molecule has 1 saturated heterocycles. The van der Waals surface area contributed by atoms with E-state index in [9.17, 15) is 4.79 Å². The van der Waals surface area contributed by atoms with Crippen molar-refractivity contribution in [3.05, 3.63) is 30.1 Å². The Kier molecular flexibility index (Phi) is 6.73. The summed E-state index contributed by atoms with van der Waals surface area (Å²) in [6.45, 7) is 3.03. The second kappa shape index (κ2) is 9.65. The minimum atomic E-state index is -0.127. The minimum Gasteiger partial charge on any atom is -0.356 e. The largest absolute Gasteiger partial charge is 0.356 e. The summed E-state index contributed by atoms with van der Waals surface area (Å²) in [7, 11) is 0. The number of rotatable bonds is 7. The van der Waals surface area contributed by atoms with Gasteiger partial charge < -0.3 is 10.2 Å². The van der Waals surface area contributed by atoms with Crippen LogP contribution in [0.5, 0.6) is 0 Å². The lowest BCUT2D eigenvalue weighted by molar-refractivity contribution is 0.0948. The maximum atomic E-state index is 12.5. The molecule has 0 aromatic carbocycles. The number of carbonyl (C=O) groups is 1. The van der Waals surface area contributed by atoms with Crippen LogP contribution in [0.25, 0.3) is 11.0 Å². The molecule has 0 atom stereocenters. The summed E-state index contributed by atoms with van der Waals surface area (Å²) in [6.07, 6.45) is 11.1. The van der Waals surface area contributed by atoms with Crippen LogP contribution in [0.4, 0.5) is 5.82 Å². The first-order valence-corrected chi connectivity index (χ1v) is 12.5. The Morgan fingerprint density at radius 3 is 2.77 bits per heavy atom. The molecule has 0 bridgehead atoms. The summed E-state index contributed by atoms with van der Waals surface area (Å²) in [5, 5.41) is 9.95. The number of thioether (sulfide) groups is 2. The van der Waals surface area contributed by atoms with E-state index in [1.165, 1.54) is 42.8 Å². The predicted molar refractivity (Wildman–Crippen MR) is 122 cm³/mol. The summed E-state index contributed by atoms with van der Waals surface area (Å²) in [6, 6.07) is 3.57. The van der Waals surface area contributed by atoms with Crippen molar-refractivity contribution >= 4 is 46.3 Å². The number of anilines is 1. The van der Waals surface area contributed by atoms with Crippen molar-refractivity contribution in [1.29, 1.82) is 0 Å². The van der Waals surface area contributed by atoms with Gasteiger partial charge in [-0.1, -0.05) is 11.8 Å². The number of amides is 1. The molecule has 0 aliphatic carbocycles. The molecule has 1 N–H and O–H groups in total. The van der Waals surface area contributed by atoms with Gasteiger partial charge in [0.05, 0.1) is 23.7 Å². The number of nitrogens with zero attached hydrogens (tertiary/aromatic N) is 6. The Balaban J connectivity index is 1.51. The second-order valence-corrected chi connectivity index (χ2v) is 8.57. The first-order valence-electron chi connectivity index (χ1n) is 10.0. The van der Waals surface area contributed by atoms with Crippen molar-refractivity contribution in [1.82, 2.24) is 30.0 Å². The summed E-state index contributed by atoms with van der Waals surface area (Å²) in [5.74, 6) is 0.844. The third-order valence-electron chi connectivity index (χ3n) is 5.11. The van der Waals surface area contributed by atoms with Crippen molar-refractivity contribution in [2.24, 2.45) is 0 Å². The van der Waals surface area contributed by atoms with E-state index in [0.29, 0.717) is 18.7 Å². The zero-order chi connectivity index (χ0) is 20.9. The molecule has 3 aromatic heterocycles. The highest BCUT2D eigenvalue weighted by atomic mass is 32.2. The molecule has 1 aliphatic rings. The standard InChI is InChI=1S/C20H25N7OS2/c1-29-19-14(7-6-8-22-19)18(28)21-9-12-27-17-15(13-23-27)16(24-20(25-17)30-2)26-10-4-3-5-11-26/h6-8,13H,3-5,9-12H2,1-2H3,(H,21,28). The molecule has 4 rings (SSSR count). The Hall–Kier alpha value is -2.33. The minimum absolute atomic E-state index is 0.127. The van der Waals surface area contributed by atoms with Gasteiger partial charge in [-0.15, -0.1) is 11.8 Å². The van der Waals surface area contributed by atoms with E-state index < -0.39 is 0 Å². The maximum absolute atomic E-state index is 12.5. The highest BCUT2D eigenvalue weighted by molar-refractivity contribution is 7.98. The molecule has 3 aromatic rings. The van der Waals surface area contributed by atoms with Gasteiger partial charge in [-0.2, -0.15) is 5.10 Å². The topological polar surface area (TPSA) is 88.8 Å². The monoisotopic (exact) mass is 443 g/mol. The van der Waals surface area contributed by atoms with Crippen molar-refractivity contribution in [2.75, 3.05) is 37.0 Å². The van der Waals surface area contributed by atoms with Gasteiger partial charge in [0.15, 0.2) is 10.8 Å². The molecule has 1 aliphatic heterocycles. The van der Waals surface area contributed by atoms with Crippen LogP contribution in [-0.4, -0.2) is 62.8 Å². The SMILES string of the molecule is CSc1nc(N2CCCCC2)c2cnn(CCNC(=O)c3cccnc3SC)c2n1.